The summed E-state index contributed by atoms with van der Waals surface area (Å²) in [7, 11) is 0. The molecule has 1 fully saturated rings. The van der Waals surface area contributed by atoms with E-state index < -0.39 is 5.60 Å². The first-order valence-corrected chi connectivity index (χ1v) is 7.26. The van der Waals surface area contributed by atoms with Crippen LogP contribution in [-0.4, -0.2) is 42.3 Å². The Morgan fingerprint density at radius 1 is 1.25 bits per heavy atom. The van der Waals surface area contributed by atoms with E-state index in [2.05, 4.69) is 29.2 Å². The van der Waals surface area contributed by atoms with Gasteiger partial charge in [0.1, 0.15) is 5.60 Å². The zero-order valence-electron chi connectivity index (χ0n) is 12.4. The van der Waals surface area contributed by atoms with Crippen LogP contribution in [0.3, 0.4) is 0 Å². The highest BCUT2D eigenvalue weighted by Crippen LogP contribution is 2.32. The van der Waals surface area contributed by atoms with Crippen molar-refractivity contribution in [3.63, 3.8) is 0 Å². The Balaban J connectivity index is 1.58. The lowest BCUT2D eigenvalue weighted by Gasteiger charge is -2.45. The number of ether oxygens (including phenoxy) is 1. The van der Waals surface area contributed by atoms with Crippen molar-refractivity contribution in [3.8, 4) is 0 Å². The van der Waals surface area contributed by atoms with E-state index in [1.165, 1.54) is 11.3 Å². The van der Waals surface area contributed by atoms with Crippen molar-refractivity contribution in [2.24, 2.45) is 0 Å². The van der Waals surface area contributed by atoms with Crippen molar-refractivity contribution in [2.45, 2.75) is 38.8 Å². The normalized spacial score (nSPS) is 18.8. The Morgan fingerprint density at radius 3 is 2.65 bits per heavy atom. The van der Waals surface area contributed by atoms with Gasteiger partial charge in [0.05, 0.1) is 6.04 Å². The van der Waals surface area contributed by atoms with Gasteiger partial charge < -0.3 is 14.5 Å². The molecule has 2 heterocycles. The molecule has 108 valence electrons. The summed E-state index contributed by atoms with van der Waals surface area (Å²) in [5.74, 6) is 0. The molecule has 1 amide bonds. The molecule has 2 aliphatic heterocycles. The minimum Gasteiger partial charge on any atom is -0.444 e. The number of carbonyl (C=O) groups is 1. The van der Waals surface area contributed by atoms with Gasteiger partial charge in [0.15, 0.2) is 0 Å². The van der Waals surface area contributed by atoms with E-state index in [-0.39, 0.29) is 6.09 Å². The topological polar surface area (TPSA) is 32.8 Å². The lowest BCUT2D eigenvalue weighted by molar-refractivity contribution is 0.00827. The van der Waals surface area contributed by atoms with Crippen LogP contribution in [0.15, 0.2) is 24.3 Å². The first-order chi connectivity index (χ1) is 9.44. The Hall–Kier alpha value is -1.71. The fourth-order valence-electron chi connectivity index (χ4n) is 2.87. The van der Waals surface area contributed by atoms with Crippen LogP contribution in [0.25, 0.3) is 0 Å². The summed E-state index contributed by atoms with van der Waals surface area (Å²) in [6, 6.07) is 8.99. The Morgan fingerprint density at radius 2 is 1.95 bits per heavy atom. The molecule has 0 bridgehead atoms. The number of hydrogen-bond donors (Lipinski definition) is 0. The predicted molar refractivity (Wildman–Crippen MR) is 79.1 cm³/mol. The van der Waals surface area contributed by atoms with E-state index in [9.17, 15) is 4.79 Å². The van der Waals surface area contributed by atoms with Gasteiger partial charge in [0, 0.05) is 25.3 Å². The van der Waals surface area contributed by atoms with E-state index in [0.717, 1.165) is 26.1 Å². The van der Waals surface area contributed by atoms with E-state index in [1.54, 1.807) is 4.90 Å². The molecule has 0 aromatic heterocycles. The van der Waals surface area contributed by atoms with Gasteiger partial charge in [-0.1, -0.05) is 18.2 Å². The quantitative estimate of drug-likeness (QED) is 0.789. The monoisotopic (exact) mass is 274 g/mol. The molecule has 0 aliphatic carbocycles. The molecule has 20 heavy (non-hydrogen) atoms. The molecule has 0 spiro atoms. The fraction of sp³-hybridized carbons (Fsp3) is 0.562. The summed E-state index contributed by atoms with van der Waals surface area (Å²) < 4.78 is 5.39. The second-order valence-electron chi connectivity index (χ2n) is 6.61. The molecule has 4 nitrogen and oxygen atoms in total. The third kappa shape index (κ3) is 2.47. The molecule has 0 unspecified atom stereocenters. The van der Waals surface area contributed by atoms with E-state index >= 15 is 0 Å². The predicted octanol–water partition coefficient (Wildman–Crippen LogP) is 2.67. The summed E-state index contributed by atoms with van der Waals surface area (Å²) in [4.78, 5) is 16.1. The van der Waals surface area contributed by atoms with Gasteiger partial charge >= 0.3 is 6.09 Å². The first-order valence-electron chi connectivity index (χ1n) is 7.26. The van der Waals surface area contributed by atoms with Gasteiger partial charge in [-0.25, -0.2) is 4.79 Å². The molecule has 3 rings (SSSR count). The summed E-state index contributed by atoms with van der Waals surface area (Å²) in [6.07, 6.45) is 0.917. The van der Waals surface area contributed by atoms with Gasteiger partial charge in [-0.05, 0) is 38.8 Å². The van der Waals surface area contributed by atoms with E-state index in [4.69, 9.17) is 4.74 Å². The molecule has 0 radical (unpaired) electrons. The zero-order chi connectivity index (χ0) is 14.3. The second-order valence-corrected chi connectivity index (χ2v) is 6.61. The molecule has 0 saturated carbocycles. The van der Waals surface area contributed by atoms with Crippen molar-refractivity contribution in [2.75, 3.05) is 24.5 Å². The first kappa shape index (κ1) is 13.3. The number of anilines is 1. The van der Waals surface area contributed by atoms with E-state index in [0.29, 0.717) is 6.04 Å². The molecular weight excluding hydrogens is 252 g/mol. The van der Waals surface area contributed by atoms with Gasteiger partial charge in [0.25, 0.3) is 0 Å². The number of carbonyl (C=O) groups excluding carboxylic acids is 1. The summed E-state index contributed by atoms with van der Waals surface area (Å²) in [5.41, 5.74) is 2.34. The number of likely N-dealkylation sites (tertiary alicyclic amines) is 1. The smallest absolute Gasteiger partial charge is 0.410 e. The second kappa shape index (κ2) is 4.69. The molecule has 1 aromatic rings. The summed E-state index contributed by atoms with van der Waals surface area (Å²) in [5, 5.41) is 0. The molecule has 2 aliphatic rings. The molecule has 0 atom stereocenters. The van der Waals surface area contributed by atoms with Crippen LogP contribution in [-0.2, 0) is 11.2 Å². The molecule has 1 saturated heterocycles. The zero-order valence-corrected chi connectivity index (χ0v) is 12.4. The maximum absolute atomic E-state index is 11.9. The van der Waals surface area contributed by atoms with Crippen LogP contribution < -0.4 is 4.90 Å². The number of rotatable bonds is 1. The standard InChI is InChI=1S/C16H22N2O2/c1-16(2,3)20-15(19)17-10-13(11-17)18-9-8-12-6-4-5-7-14(12)18/h4-7,13H,8-11H2,1-3H3. The number of amides is 1. The van der Waals surface area contributed by atoms with Gasteiger partial charge in [-0.3, -0.25) is 0 Å². The van der Waals surface area contributed by atoms with Crippen LogP contribution in [0.2, 0.25) is 0 Å². The van der Waals surface area contributed by atoms with Gasteiger partial charge in [-0.2, -0.15) is 0 Å². The maximum atomic E-state index is 11.9. The largest absolute Gasteiger partial charge is 0.444 e. The highest BCUT2D eigenvalue weighted by Gasteiger charge is 2.38. The molecule has 1 aromatic carbocycles. The highest BCUT2D eigenvalue weighted by atomic mass is 16.6. The van der Waals surface area contributed by atoms with Crippen molar-refractivity contribution in [1.82, 2.24) is 4.90 Å². The van der Waals surface area contributed by atoms with Crippen LogP contribution in [0, 0.1) is 0 Å². The number of para-hydroxylation sites is 1. The number of fused-ring (bicyclic) bond motifs is 1. The van der Waals surface area contributed by atoms with Crippen molar-refractivity contribution in [1.29, 1.82) is 0 Å². The minimum atomic E-state index is -0.414. The fourth-order valence-corrected chi connectivity index (χ4v) is 2.87. The molecular formula is C16H22N2O2. The minimum absolute atomic E-state index is 0.193. The molecule has 4 heteroatoms. The Kier molecular flexibility index (Phi) is 3.11. The van der Waals surface area contributed by atoms with Crippen LogP contribution in [0.4, 0.5) is 10.5 Å². The van der Waals surface area contributed by atoms with Crippen LogP contribution in [0.1, 0.15) is 26.3 Å². The average Bonchev–Trinajstić information content (AvgIpc) is 2.69. The third-order valence-corrected chi connectivity index (χ3v) is 3.88. The van der Waals surface area contributed by atoms with Crippen LogP contribution in [0.5, 0.6) is 0 Å². The maximum Gasteiger partial charge on any atom is 0.410 e. The summed E-state index contributed by atoms with van der Waals surface area (Å²) >= 11 is 0. The van der Waals surface area contributed by atoms with Gasteiger partial charge in [-0.15, -0.1) is 0 Å². The molecule has 0 N–H and O–H groups in total. The average molecular weight is 274 g/mol. The van der Waals surface area contributed by atoms with E-state index in [1.807, 2.05) is 20.8 Å². The Bertz CT molecular complexity index is 515. The Labute approximate surface area is 120 Å². The van der Waals surface area contributed by atoms with Gasteiger partial charge in [0.2, 0.25) is 0 Å². The third-order valence-electron chi connectivity index (χ3n) is 3.88. The lowest BCUT2D eigenvalue weighted by Crippen LogP contribution is -2.61. The number of hydrogen-bond acceptors (Lipinski definition) is 3. The van der Waals surface area contributed by atoms with Crippen LogP contribution >= 0.6 is 0 Å². The van der Waals surface area contributed by atoms with Crippen molar-refractivity contribution >= 4 is 11.8 Å². The number of benzene rings is 1. The van der Waals surface area contributed by atoms with Crippen molar-refractivity contribution in [3.05, 3.63) is 29.8 Å². The highest BCUT2D eigenvalue weighted by molar-refractivity contribution is 5.70. The summed E-state index contributed by atoms with van der Waals surface area (Å²) in [6.45, 7) is 8.30. The SMILES string of the molecule is CC(C)(C)OC(=O)N1CC(N2CCc3ccccc32)C1. The lowest BCUT2D eigenvalue weighted by atomic mass is 10.1. The number of nitrogens with zero attached hydrogens (tertiary/aromatic N) is 2. The van der Waals surface area contributed by atoms with Crippen molar-refractivity contribution < 1.29 is 9.53 Å².